The minimum absolute atomic E-state index is 0.0337. The van der Waals surface area contributed by atoms with E-state index < -0.39 is 11.6 Å². The number of aryl methyl sites for hydroxylation is 1. The zero-order valence-corrected chi connectivity index (χ0v) is 11.7. The molecule has 0 atom stereocenters. The summed E-state index contributed by atoms with van der Waals surface area (Å²) in [6, 6.07) is 10.1. The lowest BCUT2D eigenvalue weighted by Gasteiger charge is -2.24. The number of nitrogens with zero attached hydrogens (tertiary/aromatic N) is 1. The van der Waals surface area contributed by atoms with Crippen molar-refractivity contribution in [2.24, 2.45) is 5.73 Å². The summed E-state index contributed by atoms with van der Waals surface area (Å²) >= 11 is 0. The van der Waals surface area contributed by atoms with Crippen molar-refractivity contribution in [3.63, 3.8) is 0 Å². The highest BCUT2D eigenvalue weighted by Crippen LogP contribution is 2.31. The molecule has 0 fully saturated rings. The molecule has 0 amide bonds. The van der Waals surface area contributed by atoms with Crippen molar-refractivity contribution >= 4 is 11.4 Å². The summed E-state index contributed by atoms with van der Waals surface area (Å²) in [5, 5.41) is 0. The molecule has 0 bridgehead atoms. The predicted octanol–water partition coefficient (Wildman–Crippen LogP) is 3.89. The van der Waals surface area contributed by atoms with E-state index in [2.05, 4.69) is 0 Å². The van der Waals surface area contributed by atoms with E-state index >= 15 is 0 Å². The van der Waals surface area contributed by atoms with Crippen LogP contribution in [0.5, 0.6) is 0 Å². The first-order valence-corrected chi connectivity index (χ1v) is 6.59. The smallest absolute Gasteiger partial charge is 0.150 e. The molecule has 0 aliphatic rings. The van der Waals surface area contributed by atoms with Crippen LogP contribution in [-0.4, -0.2) is 6.54 Å². The first-order chi connectivity index (χ1) is 9.56. The van der Waals surface area contributed by atoms with Gasteiger partial charge >= 0.3 is 0 Å². The van der Waals surface area contributed by atoms with Crippen LogP contribution in [0, 0.1) is 18.6 Å². The maximum Gasteiger partial charge on any atom is 0.150 e. The highest BCUT2D eigenvalue weighted by Gasteiger charge is 2.18. The predicted molar refractivity (Wildman–Crippen MR) is 78.1 cm³/mol. The maximum atomic E-state index is 14.2. The molecule has 0 spiro atoms. The van der Waals surface area contributed by atoms with Crippen molar-refractivity contribution in [1.29, 1.82) is 0 Å². The van der Waals surface area contributed by atoms with Crippen LogP contribution in [0.3, 0.4) is 0 Å². The van der Waals surface area contributed by atoms with E-state index in [0.717, 1.165) is 11.3 Å². The number of hydrogen-bond acceptors (Lipinski definition) is 2. The zero-order valence-electron chi connectivity index (χ0n) is 11.7. The Morgan fingerprint density at radius 1 is 1.05 bits per heavy atom. The van der Waals surface area contributed by atoms with Gasteiger partial charge in [0, 0.05) is 18.8 Å². The number of benzene rings is 2. The summed E-state index contributed by atoms with van der Waals surface area (Å²) in [5.74, 6) is -1.18. The summed E-state index contributed by atoms with van der Waals surface area (Å²) < 4.78 is 28.3. The van der Waals surface area contributed by atoms with Crippen LogP contribution < -0.4 is 10.6 Å². The summed E-state index contributed by atoms with van der Waals surface area (Å²) in [5.41, 5.74) is 7.70. The molecule has 2 rings (SSSR count). The molecule has 0 aliphatic carbocycles. The Labute approximate surface area is 117 Å². The van der Waals surface area contributed by atoms with Crippen LogP contribution in [0.15, 0.2) is 36.4 Å². The molecule has 0 saturated heterocycles. The van der Waals surface area contributed by atoms with Gasteiger partial charge in [-0.25, -0.2) is 8.78 Å². The minimum Gasteiger partial charge on any atom is -0.337 e. The molecule has 0 heterocycles. The molecular formula is C16H18F2N2. The van der Waals surface area contributed by atoms with E-state index in [-0.39, 0.29) is 12.2 Å². The molecule has 0 saturated carbocycles. The molecule has 0 aromatic heterocycles. The molecule has 106 valence electrons. The van der Waals surface area contributed by atoms with Crippen molar-refractivity contribution in [2.75, 3.05) is 11.4 Å². The summed E-state index contributed by atoms with van der Waals surface area (Å²) in [6.07, 6.45) is 0. The van der Waals surface area contributed by atoms with E-state index in [1.165, 1.54) is 12.1 Å². The van der Waals surface area contributed by atoms with Crippen LogP contribution >= 0.6 is 0 Å². The fourth-order valence-electron chi connectivity index (χ4n) is 2.19. The Kier molecular flexibility index (Phi) is 4.35. The largest absolute Gasteiger partial charge is 0.337 e. The van der Waals surface area contributed by atoms with E-state index in [1.807, 2.05) is 38.1 Å². The highest BCUT2D eigenvalue weighted by molar-refractivity contribution is 5.65. The van der Waals surface area contributed by atoms with Crippen molar-refractivity contribution in [3.8, 4) is 0 Å². The third-order valence-corrected chi connectivity index (χ3v) is 3.24. The lowest BCUT2D eigenvalue weighted by molar-refractivity contribution is 0.578. The topological polar surface area (TPSA) is 29.3 Å². The monoisotopic (exact) mass is 276 g/mol. The molecule has 0 radical (unpaired) electrons. The SMILES string of the molecule is CCN(c1ccc(C)cc1)c1c(F)cc(CN)cc1F. The van der Waals surface area contributed by atoms with Crippen molar-refractivity contribution < 1.29 is 8.78 Å². The molecule has 2 aromatic carbocycles. The quantitative estimate of drug-likeness (QED) is 0.918. The van der Waals surface area contributed by atoms with Crippen LogP contribution in [0.2, 0.25) is 0 Å². The number of hydrogen-bond donors (Lipinski definition) is 1. The molecule has 20 heavy (non-hydrogen) atoms. The van der Waals surface area contributed by atoms with Gasteiger partial charge in [0.2, 0.25) is 0 Å². The van der Waals surface area contributed by atoms with E-state index in [4.69, 9.17) is 5.73 Å². The zero-order chi connectivity index (χ0) is 14.7. The molecule has 2 aromatic rings. The second-order valence-electron chi connectivity index (χ2n) is 4.69. The molecule has 2 N–H and O–H groups in total. The van der Waals surface area contributed by atoms with Gasteiger partial charge in [0.05, 0.1) is 0 Å². The number of anilines is 2. The maximum absolute atomic E-state index is 14.2. The third kappa shape index (κ3) is 2.80. The highest BCUT2D eigenvalue weighted by atomic mass is 19.1. The van der Waals surface area contributed by atoms with Gasteiger partial charge in [0.1, 0.15) is 17.3 Å². The molecule has 2 nitrogen and oxygen atoms in total. The van der Waals surface area contributed by atoms with E-state index in [1.54, 1.807) is 4.90 Å². The Bertz CT molecular complexity index is 571. The lowest BCUT2D eigenvalue weighted by Crippen LogP contribution is -2.19. The fraction of sp³-hybridized carbons (Fsp3) is 0.250. The van der Waals surface area contributed by atoms with E-state index in [0.29, 0.717) is 12.1 Å². The number of halogens is 2. The van der Waals surface area contributed by atoms with Crippen molar-refractivity contribution in [2.45, 2.75) is 20.4 Å². The third-order valence-electron chi connectivity index (χ3n) is 3.24. The molecular weight excluding hydrogens is 258 g/mol. The summed E-state index contributed by atoms with van der Waals surface area (Å²) in [6.45, 7) is 4.41. The van der Waals surface area contributed by atoms with E-state index in [9.17, 15) is 8.78 Å². The molecule has 0 unspecified atom stereocenters. The van der Waals surface area contributed by atoms with Gasteiger partial charge in [-0.1, -0.05) is 17.7 Å². The second-order valence-corrected chi connectivity index (χ2v) is 4.69. The van der Waals surface area contributed by atoms with Gasteiger partial charge in [-0.2, -0.15) is 0 Å². The number of rotatable bonds is 4. The van der Waals surface area contributed by atoms with Gasteiger partial charge in [0.15, 0.2) is 0 Å². The average molecular weight is 276 g/mol. The normalized spacial score (nSPS) is 10.7. The molecule has 4 heteroatoms. The standard InChI is InChI=1S/C16H18F2N2/c1-3-20(13-6-4-11(2)5-7-13)16-14(17)8-12(10-19)9-15(16)18/h4-9H,3,10,19H2,1-2H3. The van der Waals surface area contributed by atoms with Crippen LogP contribution in [0.25, 0.3) is 0 Å². The fourth-order valence-corrected chi connectivity index (χ4v) is 2.19. The van der Waals surface area contributed by atoms with Crippen molar-refractivity contribution in [1.82, 2.24) is 0 Å². The first-order valence-electron chi connectivity index (χ1n) is 6.59. The van der Waals surface area contributed by atoms with Crippen LogP contribution in [0.4, 0.5) is 20.2 Å². The summed E-state index contributed by atoms with van der Waals surface area (Å²) in [4.78, 5) is 1.62. The van der Waals surface area contributed by atoms with Crippen molar-refractivity contribution in [3.05, 3.63) is 59.2 Å². The van der Waals surface area contributed by atoms with Crippen LogP contribution in [0.1, 0.15) is 18.1 Å². The first kappa shape index (κ1) is 14.5. The van der Waals surface area contributed by atoms with Gasteiger partial charge in [-0.15, -0.1) is 0 Å². The second kappa shape index (κ2) is 6.01. The Morgan fingerprint density at radius 3 is 2.05 bits per heavy atom. The Hall–Kier alpha value is -1.94. The number of nitrogens with two attached hydrogens (primary N) is 1. The minimum atomic E-state index is -0.590. The average Bonchev–Trinajstić information content (AvgIpc) is 2.43. The lowest BCUT2D eigenvalue weighted by atomic mass is 10.1. The Morgan fingerprint density at radius 2 is 1.60 bits per heavy atom. The van der Waals surface area contributed by atoms with Gasteiger partial charge in [0.25, 0.3) is 0 Å². The van der Waals surface area contributed by atoms with Gasteiger partial charge in [-0.05, 0) is 43.7 Å². The van der Waals surface area contributed by atoms with Gasteiger partial charge < -0.3 is 10.6 Å². The summed E-state index contributed by atoms with van der Waals surface area (Å²) in [7, 11) is 0. The Balaban J connectivity index is 2.49. The van der Waals surface area contributed by atoms with Gasteiger partial charge in [-0.3, -0.25) is 0 Å². The van der Waals surface area contributed by atoms with Crippen LogP contribution in [-0.2, 0) is 6.54 Å². The molecule has 0 aliphatic heterocycles.